The predicted molar refractivity (Wildman–Crippen MR) is 134 cm³/mol. The molecule has 0 saturated carbocycles. The van der Waals surface area contributed by atoms with Crippen LogP contribution in [0.25, 0.3) is 0 Å². The van der Waals surface area contributed by atoms with Crippen molar-refractivity contribution in [1.82, 2.24) is 10.6 Å². The minimum absolute atomic E-state index is 0.143. The van der Waals surface area contributed by atoms with Gasteiger partial charge in [-0.1, -0.05) is 67.1 Å². The van der Waals surface area contributed by atoms with Gasteiger partial charge in [0, 0.05) is 6.04 Å². The summed E-state index contributed by atoms with van der Waals surface area (Å²) in [6.45, 7) is 3.69. The number of hydrogen-bond acceptors (Lipinski definition) is 5. The van der Waals surface area contributed by atoms with Crippen LogP contribution in [-0.2, 0) is 19.9 Å². The molecule has 2 aliphatic rings. The van der Waals surface area contributed by atoms with Crippen molar-refractivity contribution in [3.63, 3.8) is 0 Å². The first-order valence-corrected chi connectivity index (χ1v) is 12.4. The van der Waals surface area contributed by atoms with Crippen molar-refractivity contribution in [1.29, 1.82) is 0 Å². The second kappa shape index (κ2) is 12.7. The van der Waals surface area contributed by atoms with Gasteiger partial charge in [-0.25, -0.2) is 0 Å². The molecule has 0 radical (unpaired) electrons. The average molecular weight is 467 g/mol. The summed E-state index contributed by atoms with van der Waals surface area (Å²) in [6, 6.07) is 20.1. The quantitative estimate of drug-likeness (QED) is 0.545. The van der Waals surface area contributed by atoms with E-state index in [1.165, 1.54) is 20.0 Å². The third-order valence-electron chi connectivity index (χ3n) is 7.20. The van der Waals surface area contributed by atoms with Crippen molar-refractivity contribution < 1.29 is 19.4 Å². The number of carbonyl (C=O) groups excluding carboxylic acids is 1. The van der Waals surface area contributed by atoms with Crippen LogP contribution in [-0.4, -0.2) is 43.3 Å². The zero-order valence-corrected chi connectivity index (χ0v) is 20.3. The van der Waals surface area contributed by atoms with E-state index >= 15 is 0 Å². The average Bonchev–Trinajstić information content (AvgIpc) is 2.90. The zero-order chi connectivity index (χ0) is 24.4. The van der Waals surface area contributed by atoms with Gasteiger partial charge in [0.05, 0.1) is 24.5 Å². The highest BCUT2D eigenvalue weighted by atomic mass is 16.5. The lowest BCUT2D eigenvalue weighted by Gasteiger charge is -2.42. The molecule has 2 aromatic carbocycles. The van der Waals surface area contributed by atoms with Crippen molar-refractivity contribution in [3.8, 4) is 0 Å². The van der Waals surface area contributed by atoms with E-state index in [0.29, 0.717) is 0 Å². The molecule has 6 heteroatoms. The summed E-state index contributed by atoms with van der Waals surface area (Å²) >= 11 is 0. The van der Waals surface area contributed by atoms with Crippen molar-refractivity contribution >= 4 is 11.9 Å². The smallest absolute Gasteiger partial charge is 0.314 e. The molecular weight excluding hydrogens is 428 g/mol. The number of aliphatic carboxylic acids is 1. The summed E-state index contributed by atoms with van der Waals surface area (Å²) in [4.78, 5) is 23.3. The Morgan fingerprint density at radius 3 is 2.15 bits per heavy atom. The highest BCUT2D eigenvalue weighted by Gasteiger charge is 2.42. The Labute approximate surface area is 203 Å². The first-order valence-electron chi connectivity index (χ1n) is 12.4. The first-order chi connectivity index (χ1) is 16.5. The van der Waals surface area contributed by atoms with Crippen LogP contribution < -0.4 is 10.6 Å². The first kappa shape index (κ1) is 25.9. The fourth-order valence-corrected chi connectivity index (χ4v) is 5.22. The molecule has 184 valence electrons. The van der Waals surface area contributed by atoms with Gasteiger partial charge in [0.25, 0.3) is 0 Å². The number of ether oxygens (including phenoxy) is 1. The molecule has 0 spiro atoms. The van der Waals surface area contributed by atoms with E-state index < -0.39 is 17.4 Å². The second-order valence-corrected chi connectivity index (χ2v) is 9.25. The van der Waals surface area contributed by atoms with Crippen molar-refractivity contribution in [2.45, 2.75) is 62.9 Å². The Hall–Kier alpha value is -2.70. The van der Waals surface area contributed by atoms with Crippen LogP contribution in [0.1, 0.15) is 62.5 Å². The summed E-state index contributed by atoms with van der Waals surface area (Å²) in [5, 5.41) is 16.2. The fourth-order valence-electron chi connectivity index (χ4n) is 5.22. The van der Waals surface area contributed by atoms with E-state index in [0.717, 1.165) is 49.9 Å². The molecule has 4 unspecified atom stereocenters. The Kier molecular flexibility index (Phi) is 9.66. The summed E-state index contributed by atoms with van der Waals surface area (Å²) in [6.07, 6.45) is 6.51. The molecule has 3 N–H and O–H groups in total. The van der Waals surface area contributed by atoms with Crippen LogP contribution in [0.5, 0.6) is 0 Å². The number of methoxy groups -OCH3 is 1. The maximum atomic E-state index is 11.9. The molecule has 0 amide bonds. The molecule has 2 heterocycles. The monoisotopic (exact) mass is 466 g/mol. The fraction of sp³-hybridized carbons (Fsp3) is 0.500. The topological polar surface area (TPSA) is 87.7 Å². The van der Waals surface area contributed by atoms with Crippen LogP contribution in [0.3, 0.4) is 0 Å². The summed E-state index contributed by atoms with van der Waals surface area (Å²) in [5.41, 5.74) is 1.74. The minimum Gasteiger partial charge on any atom is -0.481 e. The van der Waals surface area contributed by atoms with Crippen molar-refractivity contribution in [2.75, 3.05) is 20.2 Å². The van der Waals surface area contributed by atoms with Gasteiger partial charge in [0.2, 0.25) is 0 Å². The zero-order valence-electron chi connectivity index (χ0n) is 20.3. The van der Waals surface area contributed by atoms with E-state index in [1.54, 1.807) is 6.92 Å². The number of carbonyl (C=O) groups is 2. The molecule has 2 saturated heterocycles. The van der Waals surface area contributed by atoms with E-state index in [2.05, 4.69) is 10.6 Å². The summed E-state index contributed by atoms with van der Waals surface area (Å²) in [7, 11) is 1.46. The number of hydrogen-bond donors (Lipinski definition) is 3. The predicted octanol–water partition coefficient (Wildman–Crippen LogP) is 4.46. The molecule has 34 heavy (non-hydrogen) atoms. The van der Waals surface area contributed by atoms with Gasteiger partial charge in [-0.3, -0.25) is 9.59 Å². The van der Waals surface area contributed by atoms with Crippen LogP contribution in [0.4, 0.5) is 0 Å². The maximum Gasteiger partial charge on any atom is 0.314 e. The van der Waals surface area contributed by atoms with E-state index in [1.807, 2.05) is 60.7 Å². The normalized spacial score (nSPS) is 24.1. The molecule has 2 aliphatic heterocycles. The van der Waals surface area contributed by atoms with Crippen LogP contribution >= 0.6 is 0 Å². The van der Waals surface area contributed by atoms with E-state index in [4.69, 9.17) is 4.74 Å². The Morgan fingerprint density at radius 1 is 0.971 bits per heavy atom. The minimum atomic E-state index is -0.733. The van der Waals surface area contributed by atoms with Gasteiger partial charge in [-0.2, -0.15) is 0 Å². The number of carboxylic acid groups (broad SMARTS) is 1. The highest BCUT2D eigenvalue weighted by Crippen LogP contribution is 2.37. The lowest BCUT2D eigenvalue weighted by molar-refractivity contribution is -0.145. The largest absolute Gasteiger partial charge is 0.481 e. The van der Waals surface area contributed by atoms with Gasteiger partial charge in [0.15, 0.2) is 0 Å². The molecule has 6 nitrogen and oxygen atoms in total. The molecule has 0 bridgehead atoms. The lowest BCUT2D eigenvalue weighted by Crippen LogP contribution is -2.52. The Bertz CT molecular complexity index is 891. The van der Waals surface area contributed by atoms with E-state index in [-0.39, 0.29) is 17.9 Å². The highest BCUT2D eigenvalue weighted by molar-refractivity contribution is 5.79. The number of esters is 1. The molecule has 4 rings (SSSR count). The number of carboxylic acids is 1. The van der Waals surface area contributed by atoms with Crippen LogP contribution in [0, 0.1) is 5.92 Å². The number of benzene rings is 2. The maximum absolute atomic E-state index is 11.9. The van der Waals surface area contributed by atoms with Crippen LogP contribution in [0.2, 0.25) is 0 Å². The number of rotatable bonds is 6. The molecular formula is C28H38N2O4. The molecule has 0 aliphatic carbocycles. The van der Waals surface area contributed by atoms with Gasteiger partial charge in [-0.15, -0.1) is 0 Å². The van der Waals surface area contributed by atoms with Crippen molar-refractivity contribution in [3.05, 3.63) is 71.8 Å². The van der Waals surface area contributed by atoms with Gasteiger partial charge in [-0.05, 0) is 63.2 Å². The molecule has 0 aromatic heterocycles. The third kappa shape index (κ3) is 6.24. The number of nitrogens with one attached hydrogen (secondary N) is 2. The molecule has 2 aromatic rings. The standard InChI is InChI=1S/2C14H19NO2/c1-17-14(16)13(11-7-3-2-4-8-11)12-9-5-6-10-15-12;1-11(13(16)17)14(9-5-6-10-15-14)12-7-3-2-4-8-12/h2-4,7-8,12-13,15H,5-6,9-10H2,1H3;2-4,7-8,11,15H,5-6,9-10H2,1H3,(H,16,17). The SMILES string of the molecule is CC(C(=O)O)C1(c2ccccc2)CCCCN1.COC(=O)C(c1ccccc1)C1CCCCN1. The lowest BCUT2D eigenvalue weighted by atomic mass is 9.73. The summed E-state index contributed by atoms with van der Waals surface area (Å²) < 4.78 is 4.94. The van der Waals surface area contributed by atoms with Crippen LogP contribution in [0.15, 0.2) is 60.7 Å². The van der Waals surface area contributed by atoms with Crippen molar-refractivity contribution in [2.24, 2.45) is 5.92 Å². The summed E-state index contributed by atoms with van der Waals surface area (Å²) in [5.74, 6) is -1.47. The Balaban J connectivity index is 0.000000191. The van der Waals surface area contributed by atoms with Gasteiger partial charge >= 0.3 is 11.9 Å². The second-order valence-electron chi connectivity index (χ2n) is 9.25. The molecule has 2 fully saturated rings. The number of piperidine rings is 2. The van der Waals surface area contributed by atoms with Gasteiger partial charge < -0.3 is 20.5 Å². The Morgan fingerprint density at radius 2 is 1.62 bits per heavy atom. The molecule has 4 atom stereocenters. The van der Waals surface area contributed by atoms with Gasteiger partial charge in [0.1, 0.15) is 0 Å². The third-order valence-corrected chi connectivity index (χ3v) is 7.20. The van der Waals surface area contributed by atoms with E-state index in [9.17, 15) is 14.7 Å².